The number of aryl methyl sites for hydroxylation is 1. The van der Waals surface area contributed by atoms with Gasteiger partial charge in [-0.1, -0.05) is 6.07 Å². The number of nitriles is 1. The Hall–Kier alpha value is -2.48. The van der Waals surface area contributed by atoms with E-state index in [-0.39, 0.29) is 5.69 Å². The zero-order chi connectivity index (χ0) is 13.0. The largest absolute Gasteiger partial charge is 0.492 e. The van der Waals surface area contributed by atoms with Crippen molar-refractivity contribution < 1.29 is 4.74 Å². The first-order chi connectivity index (χ1) is 8.70. The standard InChI is InChI=1S/C13H13N3O2/c1-15-5-6-16(13(15)17)7-8-18-12-4-2-3-11(9-12)10-14/h2-6,9H,7-8H2,1H3. The molecule has 0 aliphatic heterocycles. The summed E-state index contributed by atoms with van der Waals surface area (Å²) < 4.78 is 8.58. The first kappa shape index (κ1) is 12.0. The molecule has 0 radical (unpaired) electrons. The highest BCUT2D eigenvalue weighted by Gasteiger charge is 2.00. The maximum atomic E-state index is 11.5. The van der Waals surface area contributed by atoms with Crippen molar-refractivity contribution in [3.8, 4) is 11.8 Å². The van der Waals surface area contributed by atoms with Crippen molar-refractivity contribution in [1.82, 2.24) is 9.13 Å². The average molecular weight is 243 g/mol. The van der Waals surface area contributed by atoms with Crippen LogP contribution in [-0.4, -0.2) is 15.7 Å². The van der Waals surface area contributed by atoms with Crippen molar-refractivity contribution >= 4 is 0 Å². The van der Waals surface area contributed by atoms with Crippen molar-refractivity contribution in [3.63, 3.8) is 0 Å². The van der Waals surface area contributed by atoms with Crippen LogP contribution in [-0.2, 0) is 13.6 Å². The molecule has 18 heavy (non-hydrogen) atoms. The lowest BCUT2D eigenvalue weighted by Gasteiger charge is -2.06. The van der Waals surface area contributed by atoms with Crippen LogP contribution >= 0.6 is 0 Å². The third-order valence-electron chi connectivity index (χ3n) is 2.58. The molecular formula is C13H13N3O2. The lowest BCUT2D eigenvalue weighted by atomic mass is 10.2. The van der Waals surface area contributed by atoms with E-state index in [4.69, 9.17) is 10.00 Å². The van der Waals surface area contributed by atoms with Crippen LogP contribution in [0.25, 0.3) is 0 Å². The second-order valence-corrected chi connectivity index (χ2v) is 3.87. The summed E-state index contributed by atoms with van der Waals surface area (Å²) in [5.74, 6) is 0.637. The van der Waals surface area contributed by atoms with Crippen LogP contribution in [0, 0.1) is 11.3 Å². The zero-order valence-electron chi connectivity index (χ0n) is 10.0. The van der Waals surface area contributed by atoms with Gasteiger partial charge in [0, 0.05) is 19.4 Å². The van der Waals surface area contributed by atoms with E-state index >= 15 is 0 Å². The van der Waals surface area contributed by atoms with E-state index in [2.05, 4.69) is 0 Å². The molecule has 0 fully saturated rings. The van der Waals surface area contributed by atoms with Crippen molar-refractivity contribution in [2.24, 2.45) is 7.05 Å². The number of aromatic nitrogens is 2. The third kappa shape index (κ3) is 2.61. The first-order valence-electron chi connectivity index (χ1n) is 5.55. The summed E-state index contributed by atoms with van der Waals surface area (Å²) in [5.41, 5.74) is 0.494. The Morgan fingerprint density at radius 1 is 1.39 bits per heavy atom. The number of ether oxygens (including phenoxy) is 1. The number of nitrogens with zero attached hydrogens (tertiary/aromatic N) is 3. The molecule has 0 amide bonds. The minimum atomic E-state index is -0.0654. The Labute approximate surface area is 104 Å². The number of imidazole rings is 1. The maximum Gasteiger partial charge on any atom is 0.327 e. The quantitative estimate of drug-likeness (QED) is 0.809. The Kier molecular flexibility index (Phi) is 3.49. The van der Waals surface area contributed by atoms with Gasteiger partial charge in [0.2, 0.25) is 0 Å². The first-order valence-corrected chi connectivity index (χ1v) is 5.55. The number of hydrogen-bond acceptors (Lipinski definition) is 3. The van der Waals surface area contributed by atoms with E-state index in [0.29, 0.717) is 24.5 Å². The lowest BCUT2D eigenvalue weighted by Crippen LogP contribution is -2.24. The molecule has 2 rings (SSSR count). The van der Waals surface area contributed by atoms with Crippen molar-refractivity contribution in [3.05, 3.63) is 52.7 Å². The van der Waals surface area contributed by atoms with Crippen LogP contribution in [0.1, 0.15) is 5.56 Å². The van der Waals surface area contributed by atoms with Gasteiger partial charge in [0.05, 0.1) is 18.2 Å². The van der Waals surface area contributed by atoms with Gasteiger partial charge in [-0.25, -0.2) is 4.79 Å². The van der Waals surface area contributed by atoms with E-state index in [1.165, 1.54) is 4.57 Å². The highest BCUT2D eigenvalue weighted by molar-refractivity contribution is 5.36. The highest BCUT2D eigenvalue weighted by atomic mass is 16.5. The Balaban J connectivity index is 1.95. The topological polar surface area (TPSA) is 59.9 Å². The van der Waals surface area contributed by atoms with Crippen LogP contribution in [0.4, 0.5) is 0 Å². The van der Waals surface area contributed by atoms with Crippen LogP contribution < -0.4 is 10.4 Å². The molecule has 0 aliphatic rings. The molecule has 0 spiro atoms. The van der Waals surface area contributed by atoms with E-state index in [0.717, 1.165) is 0 Å². The summed E-state index contributed by atoms with van der Waals surface area (Å²) in [5, 5.41) is 8.75. The van der Waals surface area contributed by atoms with Gasteiger partial charge in [0.25, 0.3) is 0 Å². The second kappa shape index (κ2) is 5.23. The minimum absolute atomic E-state index is 0.0654. The predicted octanol–water partition coefficient (Wildman–Crippen LogP) is 1.14. The molecule has 0 bridgehead atoms. The van der Waals surface area contributed by atoms with Gasteiger partial charge >= 0.3 is 5.69 Å². The normalized spacial score (nSPS) is 10.0. The smallest absolute Gasteiger partial charge is 0.327 e. The van der Waals surface area contributed by atoms with Gasteiger partial charge in [-0.3, -0.25) is 4.57 Å². The molecule has 0 saturated heterocycles. The van der Waals surface area contributed by atoms with Gasteiger partial charge in [0.15, 0.2) is 0 Å². The van der Waals surface area contributed by atoms with Gasteiger partial charge in [0.1, 0.15) is 12.4 Å². The fraction of sp³-hybridized carbons (Fsp3) is 0.231. The lowest BCUT2D eigenvalue weighted by molar-refractivity contribution is 0.296. The van der Waals surface area contributed by atoms with E-state index < -0.39 is 0 Å². The molecule has 2 aromatic rings. The molecular weight excluding hydrogens is 230 g/mol. The molecule has 1 aromatic heterocycles. The summed E-state index contributed by atoms with van der Waals surface area (Å²) in [7, 11) is 1.70. The molecule has 5 heteroatoms. The molecule has 1 aromatic carbocycles. The molecule has 1 heterocycles. The minimum Gasteiger partial charge on any atom is -0.492 e. The predicted molar refractivity (Wildman–Crippen MR) is 66.3 cm³/mol. The molecule has 0 aliphatic carbocycles. The maximum absolute atomic E-state index is 11.5. The SMILES string of the molecule is Cn1ccn(CCOc2cccc(C#N)c2)c1=O. The van der Waals surface area contributed by atoms with E-state index in [1.54, 1.807) is 48.3 Å². The number of rotatable bonds is 4. The molecule has 0 N–H and O–H groups in total. The molecule has 92 valence electrons. The zero-order valence-corrected chi connectivity index (χ0v) is 10.0. The van der Waals surface area contributed by atoms with Gasteiger partial charge < -0.3 is 9.30 Å². The molecule has 0 atom stereocenters. The van der Waals surface area contributed by atoms with Crippen LogP contribution in [0.3, 0.4) is 0 Å². The fourth-order valence-corrected chi connectivity index (χ4v) is 1.60. The Bertz CT molecular complexity index is 634. The van der Waals surface area contributed by atoms with E-state index in [1.807, 2.05) is 6.07 Å². The van der Waals surface area contributed by atoms with Gasteiger partial charge in [-0.2, -0.15) is 5.26 Å². The molecule has 0 saturated carbocycles. The summed E-state index contributed by atoms with van der Waals surface area (Å²) in [6, 6.07) is 8.99. The summed E-state index contributed by atoms with van der Waals surface area (Å²) >= 11 is 0. The van der Waals surface area contributed by atoms with Crippen molar-refractivity contribution in [2.45, 2.75) is 6.54 Å². The molecule has 0 unspecified atom stereocenters. The van der Waals surface area contributed by atoms with Gasteiger partial charge in [-0.05, 0) is 18.2 Å². The Morgan fingerprint density at radius 2 is 2.22 bits per heavy atom. The summed E-state index contributed by atoms with van der Waals surface area (Å²) in [6.07, 6.45) is 3.43. The van der Waals surface area contributed by atoms with Crippen LogP contribution in [0.5, 0.6) is 5.75 Å². The number of hydrogen-bond donors (Lipinski definition) is 0. The third-order valence-corrected chi connectivity index (χ3v) is 2.58. The van der Waals surface area contributed by atoms with E-state index in [9.17, 15) is 4.79 Å². The molecule has 5 nitrogen and oxygen atoms in total. The van der Waals surface area contributed by atoms with Crippen molar-refractivity contribution in [1.29, 1.82) is 5.26 Å². The Morgan fingerprint density at radius 3 is 2.89 bits per heavy atom. The van der Waals surface area contributed by atoms with Crippen molar-refractivity contribution in [2.75, 3.05) is 6.61 Å². The monoisotopic (exact) mass is 243 g/mol. The summed E-state index contributed by atoms with van der Waals surface area (Å²) in [4.78, 5) is 11.5. The second-order valence-electron chi connectivity index (χ2n) is 3.87. The number of benzene rings is 1. The average Bonchev–Trinajstić information content (AvgIpc) is 2.71. The summed E-state index contributed by atoms with van der Waals surface area (Å²) in [6.45, 7) is 0.870. The fourth-order valence-electron chi connectivity index (χ4n) is 1.60. The highest BCUT2D eigenvalue weighted by Crippen LogP contribution is 2.12. The van der Waals surface area contributed by atoms with Crippen LogP contribution in [0.2, 0.25) is 0 Å². The van der Waals surface area contributed by atoms with Crippen LogP contribution in [0.15, 0.2) is 41.5 Å². The van der Waals surface area contributed by atoms with Gasteiger partial charge in [-0.15, -0.1) is 0 Å².